The number of esters is 1. The number of rotatable bonds is 8. The highest BCUT2D eigenvalue weighted by atomic mass is 32.2. The molecule has 0 heterocycles. The molecule has 2 atom stereocenters. The van der Waals surface area contributed by atoms with E-state index in [1.54, 1.807) is 0 Å². The van der Waals surface area contributed by atoms with Gasteiger partial charge in [-0.1, -0.05) is 25.7 Å². The van der Waals surface area contributed by atoms with Gasteiger partial charge in [-0.05, 0) is 25.7 Å². The first-order valence-corrected chi connectivity index (χ1v) is 11.4. The molecule has 7 nitrogen and oxygen atoms in total. The summed E-state index contributed by atoms with van der Waals surface area (Å²) in [6.45, 7) is -1.23. The molecule has 3 fully saturated rings. The summed E-state index contributed by atoms with van der Waals surface area (Å²) in [5, 5.41) is 16.0. The summed E-state index contributed by atoms with van der Waals surface area (Å²) in [5.74, 6) is -8.40. The van der Waals surface area contributed by atoms with Gasteiger partial charge in [-0.2, -0.15) is 17.6 Å². The quantitative estimate of drug-likeness (QED) is 0.323. The molecule has 174 valence electrons. The number of ether oxygens (including phenoxy) is 1. The summed E-state index contributed by atoms with van der Waals surface area (Å²) in [6.07, 6.45) is 2.83. The number of halogens is 4. The first kappa shape index (κ1) is 23.7. The molecule has 2 N–H and O–H groups in total. The molecule has 0 bridgehead atoms. The van der Waals surface area contributed by atoms with Gasteiger partial charge in [0.2, 0.25) is 0 Å². The van der Waals surface area contributed by atoms with Crippen molar-refractivity contribution in [1.29, 1.82) is 0 Å². The van der Waals surface area contributed by atoms with Crippen molar-refractivity contribution in [1.82, 2.24) is 0 Å². The standard InChI is InChI=1S/C18H26F4O7S/c19-17(20,18(21,22)30(26,27)28)9-10-29-14(23)11-12(15(24)5-1-2-6-15)13(11)16(25)7-3-4-8-16/h11-13,24-25H,1-10H2,(H,26,27,28)/p-1. The van der Waals surface area contributed by atoms with E-state index in [1.165, 1.54) is 0 Å². The zero-order valence-corrected chi connectivity index (χ0v) is 17.0. The van der Waals surface area contributed by atoms with Crippen LogP contribution in [0.15, 0.2) is 0 Å². The summed E-state index contributed by atoms with van der Waals surface area (Å²) in [5.41, 5.74) is -2.36. The van der Waals surface area contributed by atoms with E-state index < -0.39 is 69.2 Å². The number of carbonyl (C=O) groups is 1. The number of alkyl halides is 4. The van der Waals surface area contributed by atoms with Crippen LogP contribution in [0.1, 0.15) is 57.8 Å². The number of hydrogen-bond acceptors (Lipinski definition) is 7. The highest BCUT2D eigenvalue weighted by molar-refractivity contribution is 7.86. The van der Waals surface area contributed by atoms with Crippen molar-refractivity contribution >= 4 is 16.1 Å². The van der Waals surface area contributed by atoms with Crippen molar-refractivity contribution in [2.45, 2.75) is 80.2 Å². The van der Waals surface area contributed by atoms with E-state index in [0.717, 1.165) is 25.7 Å². The van der Waals surface area contributed by atoms with Crippen LogP contribution in [0.3, 0.4) is 0 Å². The van der Waals surface area contributed by atoms with Gasteiger partial charge in [-0.15, -0.1) is 0 Å². The predicted octanol–water partition coefficient (Wildman–Crippen LogP) is 2.17. The molecule has 12 heteroatoms. The average Bonchev–Trinajstić information content (AvgIpc) is 3.02. The molecule has 0 aromatic heterocycles. The van der Waals surface area contributed by atoms with E-state index in [4.69, 9.17) is 4.74 Å². The second kappa shape index (κ2) is 7.56. The molecule has 0 aromatic rings. The second-order valence-electron chi connectivity index (χ2n) is 8.79. The van der Waals surface area contributed by atoms with Gasteiger partial charge in [0, 0.05) is 11.8 Å². The molecular weight excluding hydrogens is 436 g/mol. The molecule has 0 radical (unpaired) electrons. The topological polar surface area (TPSA) is 124 Å². The summed E-state index contributed by atoms with van der Waals surface area (Å²) in [6, 6.07) is 0. The molecule has 0 spiro atoms. The fourth-order valence-corrected chi connectivity index (χ4v) is 5.75. The van der Waals surface area contributed by atoms with E-state index in [9.17, 15) is 45.5 Å². The summed E-state index contributed by atoms with van der Waals surface area (Å²) < 4.78 is 89.4. The summed E-state index contributed by atoms with van der Waals surface area (Å²) in [7, 11) is -6.61. The number of aliphatic hydroxyl groups is 2. The Morgan fingerprint density at radius 2 is 1.37 bits per heavy atom. The Morgan fingerprint density at radius 3 is 1.73 bits per heavy atom. The third kappa shape index (κ3) is 3.95. The van der Waals surface area contributed by atoms with Crippen LogP contribution in [0.25, 0.3) is 0 Å². The molecule has 0 amide bonds. The molecule has 0 aromatic carbocycles. The van der Waals surface area contributed by atoms with Gasteiger partial charge in [0.25, 0.3) is 0 Å². The van der Waals surface area contributed by atoms with Crippen LogP contribution in [0.5, 0.6) is 0 Å². The first-order chi connectivity index (χ1) is 13.7. The van der Waals surface area contributed by atoms with E-state index in [-0.39, 0.29) is 0 Å². The maximum Gasteiger partial charge on any atom is 0.396 e. The lowest BCUT2D eigenvalue weighted by atomic mass is 9.87. The van der Waals surface area contributed by atoms with Crippen molar-refractivity contribution in [2.75, 3.05) is 6.61 Å². The van der Waals surface area contributed by atoms with Crippen LogP contribution >= 0.6 is 0 Å². The maximum atomic E-state index is 13.5. The molecule has 0 saturated heterocycles. The summed E-state index contributed by atoms with van der Waals surface area (Å²) in [4.78, 5) is 12.5. The van der Waals surface area contributed by atoms with Gasteiger partial charge in [0.15, 0.2) is 10.1 Å². The van der Waals surface area contributed by atoms with Crippen LogP contribution in [0.4, 0.5) is 17.6 Å². The van der Waals surface area contributed by atoms with Gasteiger partial charge in [0.1, 0.15) is 0 Å². The zero-order chi connectivity index (χ0) is 22.6. The van der Waals surface area contributed by atoms with Crippen molar-refractivity contribution in [3.8, 4) is 0 Å². The molecule has 2 unspecified atom stereocenters. The Labute approximate surface area is 171 Å². The largest absolute Gasteiger partial charge is 0.743 e. The fourth-order valence-electron chi connectivity index (χ4n) is 5.29. The normalized spacial score (nSPS) is 31.0. The number of carbonyl (C=O) groups excluding carboxylic acids is 1. The molecular formula is C18H25F4O7S-. The lowest BCUT2D eigenvalue weighted by molar-refractivity contribution is -0.175. The smallest absolute Gasteiger partial charge is 0.396 e. The SMILES string of the molecule is O=C(OCCC(F)(F)C(F)(F)S(=O)(=O)[O-])C1C(C2(O)CCCC2)C1C1(O)CCCC1. The van der Waals surface area contributed by atoms with Gasteiger partial charge in [-0.3, -0.25) is 4.79 Å². The van der Waals surface area contributed by atoms with Crippen LogP contribution < -0.4 is 0 Å². The molecule has 3 aliphatic carbocycles. The Bertz CT molecular complexity index is 745. The van der Waals surface area contributed by atoms with Gasteiger partial charge >= 0.3 is 17.1 Å². The van der Waals surface area contributed by atoms with Crippen LogP contribution in [-0.2, 0) is 19.6 Å². The minimum Gasteiger partial charge on any atom is -0.743 e. The van der Waals surface area contributed by atoms with E-state index in [0.29, 0.717) is 25.7 Å². The van der Waals surface area contributed by atoms with Crippen molar-refractivity contribution in [2.24, 2.45) is 17.8 Å². The monoisotopic (exact) mass is 461 g/mol. The Morgan fingerprint density at radius 1 is 0.967 bits per heavy atom. The zero-order valence-electron chi connectivity index (χ0n) is 16.2. The van der Waals surface area contributed by atoms with Crippen LogP contribution in [0.2, 0.25) is 0 Å². The first-order valence-electron chi connectivity index (χ1n) is 9.99. The number of hydrogen-bond donors (Lipinski definition) is 2. The Hall–Kier alpha value is -0.980. The van der Waals surface area contributed by atoms with E-state index >= 15 is 0 Å². The highest BCUT2D eigenvalue weighted by Gasteiger charge is 2.71. The third-order valence-electron chi connectivity index (χ3n) is 6.87. The van der Waals surface area contributed by atoms with Gasteiger partial charge in [-0.25, -0.2) is 8.42 Å². The lowest BCUT2D eigenvalue weighted by Gasteiger charge is -2.28. The minimum atomic E-state index is -6.61. The van der Waals surface area contributed by atoms with Crippen molar-refractivity contribution in [3.05, 3.63) is 0 Å². The van der Waals surface area contributed by atoms with Gasteiger partial charge < -0.3 is 19.5 Å². The van der Waals surface area contributed by atoms with E-state index in [2.05, 4.69) is 0 Å². The second-order valence-corrected chi connectivity index (χ2v) is 10.2. The molecule has 3 aliphatic rings. The van der Waals surface area contributed by atoms with Crippen LogP contribution in [0, 0.1) is 17.8 Å². The molecule has 3 rings (SSSR count). The Kier molecular flexibility index (Phi) is 5.97. The van der Waals surface area contributed by atoms with E-state index in [1.807, 2.05) is 0 Å². The molecule has 0 aliphatic heterocycles. The predicted molar refractivity (Wildman–Crippen MR) is 92.5 cm³/mol. The molecule has 30 heavy (non-hydrogen) atoms. The van der Waals surface area contributed by atoms with Crippen molar-refractivity contribution < 1.29 is 50.3 Å². The third-order valence-corrected chi connectivity index (χ3v) is 7.80. The summed E-state index contributed by atoms with van der Waals surface area (Å²) >= 11 is 0. The van der Waals surface area contributed by atoms with Crippen molar-refractivity contribution in [3.63, 3.8) is 0 Å². The fraction of sp³-hybridized carbons (Fsp3) is 0.944. The Balaban J connectivity index is 1.66. The van der Waals surface area contributed by atoms with Crippen LogP contribution in [-0.4, -0.2) is 58.1 Å². The average molecular weight is 461 g/mol. The molecule has 3 saturated carbocycles. The highest BCUT2D eigenvalue weighted by Crippen LogP contribution is 2.64. The van der Waals surface area contributed by atoms with Gasteiger partial charge in [0.05, 0.1) is 30.1 Å². The lowest BCUT2D eigenvalue weighted by Crippen LogP contribution is -2.47. The minimum absolute atomic E-state index is 0.430. The maximum absolute atomic E-state index is 13.5.